The summed E-state index contributed by atoms with van der Waals surface area (Å²) in [6.07, 6.45) is -3.99. The molecule has 2 aromatic heterocycles. The highest BCUT2D eigenvalue weighted by atomic mass is 35.5. The molecule has 3 atom stereocenters. The number of nitrogens with one attached hydrogen (secondary N) is 1. The first kappa shape index (κ1) is 24.3. The zero-order valence-corrected chi connectivity index (χ0v) is 19.9. The molecule has 2 aliphatic heterocycles. The first-order valence-corrected chi connectivity index (χ1v) is 11.6. The second kappa shape index (κ2) is 8.91. The molecule has 5 rings (SSSR count). The lowest BCUT2D eigenvalue weighted by atomic mass is 9.97. The number of carbonyl (C=O) groups is 1. The zero-order chi connectivity index (χ0) is 25.8. The van der Waals surface area contributed by atoms with Crippen LogP contribution in [0, 0.1) is 0 Å². The maximum atomic E-state index is 14.0. The van der Waals surface area contributed by atoms with Gasteiger partial charge in [0.25, 0.3) is 0 Å². The summed E-state index contributed by atoms with van der Waals surface area (Å²) in [4.78, 5) is 26.3. The molecule has 13 heteroatoms. The summed E-state index contributed by atoms with van der Waals surface area (Å²) in [5.41, 5.74) is 2.08. The summed E-state index contributed by atoms with van der Waals surface area (Å²) in [7, 11) is 0. The van der Waals surface area contributed by atoms with E-state index in [1.807, 2.05) is 6.92 Å². The smallest absolute Gasteiger partial charge is 0.416 e. The maximum absolute atomic E-state index is 14.0. The zero-order valence-electron chi connectivity index (χ0n) is 19.2. The Morgan fingerprint density at radius 1 is 1.19 bits per heavy atom. The first-order valence-electron chi connectivity index (χ1n) is 11.2. The Bertz CT molecular complexity index is 1330. The molecule has 4 heterocycles. The topological polar surface area (TPSA) is 85.2 Å². The number of rotatable bonds is 5. The predicted octanol–water partition coefficient (Wildman–Crippen LogP) is 5.29. The molecule has 0 spiro atoms. The van der Waals surface area contributed by atoms with Crippen LogP contribution in [0.2, 0.25) is 5.15 Å². The Hall–Kier alpha value is -3.41. The van der Waals surface area contributed by atoms with E-state index in [1.165, 1.54) is 25.1 Å². The van der Waals surface area contributed by atoms with Crippen LogP contribution in [0.15, 0.2) is 30.6 Å². The average Bonchev–Trinajstić information content (AvgIpc) is 3.41. The lowest BCUT2D eigenvalue weighted by Gasteiger charge is -2.23. The van der Waals surface area contributed by atoms with Crippen LogP contribution in [0.1, 0.15) is 42.4 Å². The van der Waals surface area contributed by atoms with Gasteiger partial charge in [-0.05, 0) is 50.5 Å². The number of fused-ring (bicyclic) bond motifs is 3. The Labute approximate surface area is 208 Å². The number of hydrogen-bond donors (Lipinski definition) is 1. The van der Waals surface area contributed by atoms with Crippen molar-refractivity contribution in [3.63, 3.8) is 0 Å². The van der Waals surface area contributed by atoms with Gasteiger partial charge in [0.05, 0.1) is 23.6 Å². The van der Waals surface area contributed by atoms with Crippen LogP contribution in [0.25, 0.3) is 5.69 Å². The van der Waals surface area contributed by atoms with Gasteiger partial charge in [0.1, 0.15) is 29.8 Å². The third-order valence-corrected chi connectivity index (χ3v) is 6.51. The molecule has 0 unspecified atom stereocenters. The number of imidazole rings is 1. The fourth-order valence-electron chi connectivity index (χ4n) is 4.55. The summed E-state index contributed by atoms with van der Waals surface area (Å²) in [5, 5.41) is 3.15. The van der Waals surface area contributed by atoms with Gasteiger partial charge in [-0.15, -0.1) is 0 Å². The minimum absolute atomic E-state index is 0.0425. The highest BCUT2D eigenvalue weighted by molar-refractivity contribution is 6.29. The highest BCUT2D eigenvalue weighted by Gasteiger charge is 2.39. The Kier molecular flexibility index (Phi) is 6.01. The third-order valence-electron chi connectivity index (χ3n) is 6.32. The Morgan fingerprint density at radius 3 is 2.69 bits per heavy atom. The van der Waals surface area contributed by atoms with Crippen molar-refractivity contribution in [2.45, 2.75) is 51.1 Å². The van der Waals surface area contributed by atoms with Gasteiger partial charge >= 0.3 is 12.3 Å². The number of amides is 1. The number of carbonyl (C=O) groups excluding carboxylic acids is 1. The summed E-state index contributed by atoms with van der Waals surface area (Å²) < 4.78 is 60.1. The molecule has 0 aliphatic carbocycles. The van der Waals surface area contributed by atoms with E-state index in [4.69, 9.17) is 16.3 Å². The highest BCUT2D eigenvalue weighted by Crippen LogP contribution is 2.35. The number of aryl methyl sites for hydroxylation is 1. The SMILES string of the molecule is C[C@H](Nc1nc(Cl)cc(N2C(=O)OC[C@@H]2[C@H](C)F)n1)c1ncn2c1CCc1cc(C(F)(F)F)ccc1-2. The molecule has 3 aromatic rings. The maximum Gasteiger partial charge on any atom is 0.416 e. The molecule has 36 heavy (non-hydrogen) atoms. The minimum Gasteiger partial charge on any atom is -0.447 e. The third kappa shape index (κ3) is 4.34. The van der Waals surface area contributed by atoms with Gasteiger partial charge in [-0.3, -0.25) is 4.90 Å². The second-order valence-corrected chi connectivity index (χ2v) is 9.11. The van der Waals surface area contributed by atoms with Gasteiger partial charge in [0, 0.05) is 17.4 Å². The number of alkyl halides is 4. The van der Waals surface area contributed by atoms with Gasteiger partial charge in [0.15, 0.2) is 0 Å². The molecule has 1 aromatic carbocycles. The van der Waals surface area contributed by atoms with E-state index in [2.05, 4.69) is 20.3 Å². The van der Waals surface area contributed by atoms with Gasteiger partial charge in [-0.1, -0.05) is 11.6 Å². The van der Waals surface area contributed by atoms with Crippen LogP contribution in [-0.2, 0) is 23.8 Å². The molecule has 1 fully saturated rings. The van der Waals surface area contributed by atoms with Gasteiger partial charge in [-0.2, -0.15) is 18.2 Å². The molecular weight excluding hydrogens is 504 g/mol. The number of anilines is 2. The van der Waals surface area contributed by atoms with E-state index < -0.39 is 36.1 Å². The second-order valence-electron chi connectivity index (χ2n) is 8.72. The van der Waals surface area contributed by atoms with Crippen molar-refractivity contribution in [2.24, 2.45) is 0 Å². The predicted molar refractivity (Wildman–Crippen MR) is 123 cm³/mol. The average molecular weight is 525 g/mol. The number of benzene rings is 1. The van der Waals surface area contributed by atoms with E-state index >= 15 is 0 Å². The molecule has 0 radical (unpaired) electrons. The summed E-state index contributed by atoms with van der Waals surface area (Å²) in [5.74, 6) is 0.200. The quantitative estimate of drug-likeness (QED) is 0.361. The van der Waals surface area contributed by atoms with Gasteiger partial charge in [-0.25, -0.2) is 19.2 Å². The number of halogens is 5. The van der Waals surface area contributed by atoms with Crippen LogP contribution in [0.5, 0.6) is 0 Å². The molecule has 190 valence electrons. The lowest BCUT2D eigenvalue weighted by Crippen LogP contribution is -2.39. The van der Waals surface area contributed by atoms with Crippen molar-refractivity contribution in [2.75, 3.05) is 16.8 Å². The monoisotopic (exact) mass is 524 g/mol. The molecule has 2 aliphatic rings. The number of nitrogens with zero attached hydrogens (tertiary/aromatic N) is 5. The largest absolute Gasteiger partial charge is 0.447 e. The molecule has 0 saturated carbocycles. The molecule has 1 amide bonds. The molecule has 8 nitrogen and oxygen atoms in total. The number of aromatic nitrogens is 4. The standard InChI is InChI=1S/C23H21ClF4N6O2/c1-11(25)17-9-36-22(35)34(17)19-8-18(24)31-21(32-19)30-12(2)20-16-5-3-13-7-14(23(26,27)28)4-6-15(13)33(16)10-29-20/h4,6-8,10-12,17H,3,5,9H2,1-2H3,(H,30,31,32)/t11-,12-,17+/m0/s1. The van der Waals surface area contributed by atoms with E-state index in [-0.39, 0.29) is 23.5 Å². The van der Waals surface area contributed by atoms with Crippen molar-refractivity contribution < 1.29 is 27.1 Å². The van der Waals surface area contributed by atoms with Crippen molar-refractivity contribution in [1.82, 2.24) is 19.5 Å². The number of ether oxygens (including phenoxy) is 1. The molecule has 0 bridgehead atoms. The fourth-order valence-corrected chi connectivity index (χ4v) is 4.73. The van der Waals surface area contributed by atoms with Crippen LogP contribution in [0.3, 0.4) is 0 Å². The molecule has 1 saturated heterocycles. The van der Waals surface area contributed by atoms with Crippen molar-refractivity contribution >= 4 is 29.5 Å². The van der Waals surface area contributed by atoms with Crippen LogP contribution in [0.4, 0.5) is 34.1 Å². The van der Waals surface area contributed by atoms with Crippen LogP contribution in [-0.4, -0.2) is 44.4 Å². The van der Waals surface area contributed by atoms with Gasteiger partial charge in [0.2, 0.25) is 5.95 Å². The fraction of sp³-hybridized carbons (Fsp3) is 0.391. The van der Waals surface area contributed by atoms with Crippen LogP contribution < -0.4 is 10.2 Å². The molecular formula is C23H21ClF4N6O2. The Morgan fingerprint density at radius 2 is 1.97 bits per heavy atom. The van der Waals surface area contributed by atoms with E-state index in [0.717, 1.165) is 16.7 Å². The lowest BCUT2D eigenvalue weighted by molar-refractivity contribution is -0.137. The minimum atomic E-state index is -4.41. The van der Waals surface area contributed by atoms with E-state index in [9.17, 15) is 22.4 Å². The van der Waals surface area contributed by atoms with Crippen molar-refractivity contribution in [1.29, 1.82) is 0 Å². The summed E-state index contributed by atoms with van der Waals surface area (Å²) in [6, 6.07) is 3.79. The molecule has 1 N–H and O–H groups in total. The summed E-state index contributed by atoms with van der Waals surface area (Å²) >= 11 is 6.16. The Balaban J connectivity index is 1.41. The van der Waals surface area contributed by atoms with Crippen molar-refractivity contribution in [3.05, 3.63) is 58.3 Å². The summed E-state index contributed by atoms with van der Waals surface area (Å²) in [6.45, 7) is 3.05. The van der Waals surface area contributed by atoms with Gasteiger partial charge < -0.3 is 14.6 Å². The normalized spacial score (nSPS) is 18.9. The van der Waals surface area contributed by atoms with Crippen molar-refractivity contribution in [3.8, 4) is 5.69 Å². The van der Waals surface area contributed by atoms with E-state index in [0.29, 0.717) is 29.8 Å². The number of cyclic esters (lactones) is 1. The van der Waals surface area contributed by atoms with Crippen LogP contribution >= 0.6 is 11.6 Å². The van der Waals surface area contributed by atoms with E-state index in [1.54, 1.807) is 10.9 Å². The first-order chi connectivity index (χ1) is 17.0. The number of hydrogen-bond acceptors (Lipinski definition) is 6.